The number of ether oxygens (including phenoxy) is 1. The molecule has 2 rings (SSSR count). The first-order valence-electron chi connectivity index (χ1n) is 7.10. The van der Waals surface area contributed by atoms with Gasteiger partial charge in [-0.25, -0.2) is 0 Å². The fourth-order valence-electron chi connectivity index (χ4n) is 2.43. The molecule has 5 heteroatoms. The molecule has 1 aliphatic heterocycles. The van der Waals surface area contributed by atoms with Gasteiger partial charge in [0.05, 0.1) is 12.2 Å². The monoisotopic (exact) mass is 301 g/mol. The van der Waals surface area contributed by atoms with E-state index in [2.05, 4.69) is 4.90 Å². The van der Waals surface area contributed by atoms with Crippen LogP contribution < -0.4 is 4.74 Å². The molecular weight excluding hydrogens is 279 g/mol. The molecule has 118 valence electrons. The first-order valence-corrected chi connectivity index (χ1v) is 7.10. The van der Waals surface area contributed by atoms with E-state index < -0.39 is 11.7 Å². The van der Waals surface area contributed by atoms with E-state index in [1.165, 1.54) is 6.07 Å². The Kier molecular flexibility index (Phi) is 4.24. The predicted octanol–water partition coefficient (Wildman–Crippen LogP) is 3.94. The Hall–Kier alpha value is -1.23. The van der Waals surface area contributed by atoms with Crippen LogP contribution in [0.4, 0.5) is 13.2 Å². The maximum Gasteiger partial charge on any atom is 0.416 e. The Labute approximate surface area is 123 Å². The van der Waals surface area contributed by atoms with Gasteiger partial charge in [0, 0.05) is 19.0 Å². The van der Waals surface area contributed by atoms with Crippen LogP contribution in [0.1, 0.15) is 31.9 Å². The lowest BCUT2D eigenvalue weighted by Crippen LogP contribution is -2.46. The van der Waals surface area contributed by atoms with Crippen LogP contribution in [-0.4, -0.2) is 31.6 Å². The molecule has 0 N–H and O–H groups in total. The van der Waals surface area contributed by atoms with E-state index in [1.807, 2.05) is 27.8 Å². The molecule has 1 heterocycles. The SMILES string of the molecule is CN1CC(COc2cc(C(C)(C)C)cc(C(F)(F)F)c2)C1. The van der Waals surface area contributed by atoms with Crippen LogP contribution >= 0.6 is 0 Å². The maximum absolute atomic E-state index is 13.0. The molecule has 0 saturated carbocycles. The summed E-state index contributed by atoms with van der Waals surface area (Å²) in [5.74, 6) is 0.715. The van der Waals surface area contributed by atoms with Gasteiger partial charge in [-0.05, 0) is 36.2 Å². The van der Waals surface area contributed by atoms with Gasteiger partial charge in [0.25, 0.3) is 0 Å². The summed E-state index contributed by atoms with van der Waals surface area (Å²) in [5.41, 5.74) is -0.357. The van der Waals surface area contributed by atoms with Gasteiger partial charge < -0.3 is 9.64 Å². The zero-order valence-electron chi connectivity index (χ0n) is 12.9. The van der Waals surface area contributed by atoms with Crippen molar-refractivity contribution in [3.8, 4) is 5.75 Å². The summed E-state index contributed by atoms with van der Waals surface area (Å²) in [4.78, 5) is 2.15. The van der Waals surface area contributed by atoms with Crippen molar-refractivity contribution in [2.45, 2.75) is 32.4 Å². The van der Waals surface area contributed by atoms with Gasteiger partial charge >= 0.3 is 6.18 Å². The Morgan fingerprint density at radius 1 is 1.10 bits per heavy atom. The number of rotatable bonds is 3. The van der Waals surface area contributed by atoms with E-state index in [-0.39, 0.29) is 5.41 Å². The second-order valence-corrected chi connectivity index (χ2v) is 6.89. The summed E-state index contributed by atoms with van der Waals surface area (Å²) in [6, 6.07) is 4.03. The first-order chi connectivity index (χ1) is 9.55. The lowest BCUT2D eigenvalue weighted by Gasteiger charge is -2.35. The van der Waals surface area contributed by atoms with E-state index in [9.17, 15) is 13.2 Å². The number of benzene rings is 1. The molecule has 0 spiro atoms. The second kappa shape index (κ2) is 5.52. The average molecular weight is 301 g/mol. The Bertz CT molecular complexity index is 467. The van der Waals surface area contributed by atoms with Crippen molar-refractivity contribution < 1.29 is 17.9 Å². The zero-order chi connectivity index (χ0) is 15.8. The minimum Gasteiger partial charge on any atom is -0.493 e. The van der Waals surface area contributed by atoms with Crippen molar-refractivity contribution >= 4 is 0 Å². The van der Waals surface area contributed by atoms with Gasteiger partial charge in [0.1, 0.15) is 5.75 Å². The predicted molar refractivity (Wildman–Crippen MR) is 76.6 cm³/mol. The van der Waals surface area contributed by atoms with Gasteiger partial charge in [-0.3, -0.25) is 0 Å². The van der Waals surface area contributed by atoms with E-state index >= 15 is 0 Å². The molecule has 0 unspecified atom stereocenters. The first kappa shape index (κ1) is 16.1. The van der Waals surface area contributed by atoms with Crippen LogP contribution in [0.5, 0.6) is 5.75 Å². The summed E-state index contributed by atoms with van der Waals surface area (Å²) in [5, 5.41) is 0. The Morgan fingerprint density at radius 3 is 2.14 bits per heavy atom. The summed E-state index contributed by atoms with van der Waals surface area (Å²) in [6.45, 7) is 8.03. The molecule has 0 aliphatic carbocycles. The third-order valence-corrected chi connectivity index (χ3v) is 3.73. The number of hydrogen-bond acceptors (Lipinski definition) is 2. The highest BCUT2D eigenvalue weighted by molar-refractivity contribution is 5.39. The number of halogens is 3. The molecule has 0 atom stereocenters. The standard InChI is InChI=1S/C16H22F3NO/c1-15(2,3)12-5-13(16(17,18)19)7-14(6-12)21-10-11-8-20(4)9-11/h5-7,11H,8-10H2,1-4H3. The number of hydrogen-bond donors (Lipinski definition) is 0. The minimum absolute atomic E-state index is 0.310. The van der Waals surface area contributed by atoms with Crippen molar-refractivity contribution in [2.24, 2.45) is 5.92 Å². The topological polar surface area (TPSA) is 12.5 Å². The van der Waals surface area contributed by atoms with Crippen LogP contribution in [0.3, 0.4) is 0 Å². The summed E-state index contributed by atoms with van der Waals surface area (Å²) < 4.78 is 44.6. The van der Waals surface area contributed by atoms with Crippen molar-refractivity contribution in [1.82, 2.24) is 4.90 Å². The van der Waals surface area contributed by atoms with Crippen LogP contribution in [0.15, 0.2) is 18.2 Å². The van der Waals surface area contributed by atoms with Crippen LogP contribution in [0, 0.1) is 5.92 Å². The fourth-order valence-corrected chi connectivity index (χ4v) is 2.43. The third kappa shape index (κ3) is 4.13. The number of likely N-dealkylation sites (tertiary alicyclic amines) is 1. The van der Waals surface area contributed by atoms with Crippen molar-refractivity contribution in [3.63, 3.8) is 0 Å². The highest BCUT2D eigenvalue weighted by Crippen LogP contribution is 2.36. The molecule has 2 nitrogen and oxygen atoms in total. The van der Waals surface area contributed by atoms with Crippen molar-refractivity contribution in [3.05, 3.63) is 29.3 Å². The molecule has 1 aromatic rings. The molecule has 21 heavy (non-hydrogen) atoms. The van der Waals surface area contributed by atoms with Crippen LogP contribution in [0.25, 0.3) is 0 Å². The summed E-state index contributed by atoms with van der Waals surface area (Å²) >= 11 is 0. The molecule has 0 radical (unpaired) electrons. The highest BCUT2D eigenvalue weighted by Gasteiger charge is 2.33. The summed E-state index contributed by atoms with van der Waals surface area (Å²) in [7, 11) is 2.01. The van der Waals surface area contributed by atoms with Crippen molar-refractivity contribution in [1.29, 1.82) is 0 Å². The largest absolute Gasteiger partial charge is 0.493 e. The maximum atomic E-state index is 13.0. The van der Waals surface area contributed by atoms with E-state index in [4.69, 9.17) is 4.74 Å². The third-order valence-electron chi connectivity index (χ3n) is 3.73. The molecule has 0 amide bonds. The van der Waals surface area contributed by atoms with E-state index in [0.717, 1.165) is 19.2 Å². The summed E-state index contributed by atoms with van der Waals surface area (Å²) in [6.07, 6.45) is -4.35. The van der Waals surface area contributed by atoms with Gasteiger partial charge in [0.2, 0.25) is 0 Å². The number of alkyl halides is 3. The lowest BCUT2D eigenvalue weighted by atomic mass is 9.86. The van der Waals surface area contributed by atoms with E-state index in [0.29, 0.717) is 23.8 Å². The molecule has 1 fully saturated rings. The van der Waals surface area contributed by atoms with Gasteiger partial charge in [0.15, 0.2) is 0 Å². The van der Waals surface area contributed by atoms with Crippen molar-refractivity contribution in [2.75, 3.05) is 26.7 Å². The second-order valence-electron chi connectivity index (χ2n) is 6.89. The zero-order valence-corrected chi connectivity index (χ0v) is 12.9. The van der Waals surface area contributed by atoms with Crippen LogP contribution in [0.2, 0.25) is 0 Å². The van der Waals surface area contributed by atoms with Gasteiger partial charge in [-0.2, -0.15) is 13.2 Å². The highest BCUT2D eigenvalue weighted by atomic mass is 19.4. The molecule has 1 aliphatic rings. The smallest absolute Gasteiger partial charge is 0.416 e. The molecule has 0 bridgehead atoms. The molecular formula is C16H22F3NO. The normalized spacial score (nSPS) is 17.7. The van der Waals surface area contributed by atoms with Crippen LogP contribution in [-0.2, 0) is 11.6 Å². The quantitative estimate of drug-likeness (QED) is 0.838. The Morgan fingerprint density at radius 2 is 1.67 bits per heavy atom. The van der Waals surface area contributed by atoms with Gasteiger partial charge in [-0.15, -0.1) is 0 Å². The molecule has 1 aromatic carbocycles. The Balaban J connectivity index is 2.19. The molecule has 1 saturated heterocycles. The van der Waals surface area contributed by atoms with E-state index in [1.54, 1.807) is 6.07 Å². The lowest BCUT2D eigenvalue weighted by molar-refractivity contribution is -0.137. The average Bonchev–Trinajstić information content (AvgIpc) is 2.30. The number of nitrogens with zero attached hydrogens (tertiary/aromatic N) is 1. The minimum atomic E-state index is -4.35. The molecule has 0 aromatic heterocycles. The van der Waals surface area contributed by atoms with Gasteiger partial charge in [-0.1, -0.05) is 20.8 Å². The fraction of sp³-hybridized carbons (Fsp3) is 0.625.